The Morgan fingerprint density at radius 1 is 1.14 bits per heavy atom. The predicted octanol–water partition coefficient (Wildman–Crippen LogP) is 3.04. The zero-order valence-electron chi connectivity index (χ0n) is 15.9. The molecule has 1 heterocycles. The lowest BCUT2D eigenvalue weighted by Crippen LogP contribution is -2.37. The molecule has 1 saturated heterocycles. The van der Waals surface area contributed by atoms with Gasteiger partial charge < -0.3 is 15.0 Å². The quantitative estimate of drug-likeness (QED) is 0.728. The van der Waals surface area contributed by atoms with Crippen LogP contribution in [0, 0.1) is 0 Å². The summed E-state index contributed by atoms with van der Waals surface area (Å²) in [5, 5.41) is 3.30. The van der Waals surface area contributed by atoms with Crippen LogP contribution in [0.4, 0.5) is 5.69 Å². The van der Waals surface area contributed by atoms with Crippen molar-refractivity contribution < 1.29 is 14.3 Å². The molecule has 2 amide bonds. The van der Waals surface area contributed by atoms with E-state index in [1.54, 1.807) is 12.0 Å². The molecule has 6 nitrogen and oxygen atoms in total. The number of nitrogens with zero attached hydrogens (tertiary/aromatic N) is 2. The number of hydrogen-bond acceptors (Lipinski definition) is 4. The Bertz CT molecular complexity index is 855. The number of anilines is 1. The topological polar surface area (TPSA) is 61.9 Å². The SMILES string of the molecule is CCN1C(=O)[C@H](CC(=O)Nc2ccccc2)N(Cc2ccc(OC)cc2)C1=S. The van der Waals surface area contributed by atoms with Crippen molar-refractivity contribution in [2.75, 3.05) is 19.0 Å². The third-order valence-electron chi connectivity index (χ3n) is 4.67. The van der Waals surface area contributed by atoms with Crippen LogP contribution in [-0.2, 0) is 16.1 Å². The van der Waals surface area contributed by atoms with Gasteiger partial charge in [0, 0.05) is 18.8 Å². The molecule has 0 aliphatic carbocycles. The summed E-state index contributed by atoms with van der Waals surface area (Å²) in [4.78, 5) is 28.7. The van der Waals surface area contributed by atoms with Gasteiger partial charge in [0.1, 0.15) is 11.8 Å². The van der Waals surface area contributed by atoms with Crippen LogP contribution in [0.15, 0.2) is 54.6 Å². The number of rotatable bonds is 7. The highest BCUT2D eigenvalue weighted by Gasteiger charge is 2.42. The summed E-state index contributed by atoms with van der Waals surface area (Å²) in [6, 6.07) is 16.2. The first-order chi connectivity index (χ1) is 13.5. The number of nitrogens with one attached hydrogen (secondary N) is 1. The molecule has 0 aromatic heterocycles. The number of carbonyl (C=O) groups is 2. The number of amides is 2. The van der Waals surface area contributed by atoms with E-state index in [4.69, 9.17) is 17.0 Å². The van der Waals surface area contributed by atoms with E-state index >= 15 is 0 Å². The Morgan fingerprint density at radius 2 is 1.82 bits per heavy atom. The smallest absolute Gasteiger partial charge is 0.252 e. The van der Waals surface area contributed by atoms with E-state index in [0.717, 1.165) is 11.3 Å². The number of carbonyl (C=O) groups excluding carboxylic acids is 2. The molecule has 0 bridgehead atoms. The summed E-state index contributed by atoms with van der Waals surface area (Å²) in [6.07, 6.45) is 0.0422. The minimum absolute atomic E-state index is 0.0422. The summed E-state index contributed by atoms with van der Waals surface area (Å²) >= 11 is 5.52. The van der Waals surface area contributed by atoms with Crippen LogP contribution in [0.1, 0.15) is 18.9 Å². The van der Waals surface area contributed by atoms with Gasteiger partial charge >= 0.3 is 0 Å². The molecule has 1 aliphatic rings. The summed E-state index contributed by atoms with van der Waals surface area (Å²) in [5.74, 6) is 0.409. The molecule has 7 heteroatoms. The summed E-state index contributed by atoms with van der Waals surface area (Å²) in [5.41, 5.74) is 1.69. The normalized spacial score (nSPS) is 16.4. The molecular formula is C21H23N3O3S. The maximum Gasteiger partial charge on any atom is 0.252 e. The number of ether oxygens (including phenoxy) is 1. The molecule has 0 unspecified atom stereocenters. The monoisotopic (exact) mass is 397 g/mol. The van der Waals surface area contributed by atoms with Gasteiger partial charge in [-0.2, -0.15) is 0 Å². The van der Waals surface area contributed by atoms with Crippen LogP contribution in [0.25, 0.3) is 0 Å². The first kappa shape index (κ1) is 19.8. The van der Waals surface area contributed by atoms with Gasteiger partial charge in [-0.1, -0.05) is 30.3 Å². The van der Waals surface area contributed by atoms with Gasteiger partial charge in [0.2, 0.25) is 5.91 Å². The lowest BCUT2D eigenvalue weighted by atomic mass is 10.1. The van der Waals surface area contributed by atoms with Crippen LogP contribution in [0.3, 0.4) is 0 Å². The molecule has 28 heavy (non-hydrogen) atoms. The molecule has 1 atom stereocenters. The molecule has 1 fully saturated rings. The minimum atomic E-state index is -0.613. The molecule has 2 aromatic carbocycles. The number of thiocarbonyl (C=S) groups is 1. The molecule has 0 saturated carbocycles. The predicted molar refractivity (Wildman–Crippen MR) is 112 cm³/mol. The van der Waals surface area contributed by atoms with E-state index in [1.165, 1.54) is 0 Å². The van der Waals surface area contributed by atoms with E-state index in [1.807, 2.05) is 66.4 Å². The molecule has 0 radical (unpaired) electrons. The number of likely N-dealkylation sites (N-methyl/N-ethyl adjacent to an activating group) is 1. The van der Waals surface area contributed by atoms with Crippen LogP contribution in [0.2, 0.25) is 0 Å². The maximum absolute atomic E-state index is 12.8. The van der Waals surface area contributed by atoms with Crippen molar-refractivity contribution in [3.05, 3.63) is 60.2 Å². The van der Waals surface area contributed by atoms with Crippen LogP contribution in [-0.4, -0.2) is 46.4 Å². The fourth-order valence-electron chi connectivity index (χ4n) is 3.20. The van der Waals surface area contributed by atoms with Crippen LogP contribution >= 0.6 is 12.2 Å². The molecule has 2 aromatic rings. The number of benzene rings is 2. The number of para-hydroxylation sites is 1. The fraction of sp³-hybridized carbons (Fsp3) is 0.286. The third kappa shape index (κ3) is 4.31. The standard InChI is InChI=1S/C21H23N3O3S/c1-3-23-20(26)18(13-19(25)22-16-7-5-4-6-8-16)24(21(23)28)14-15-9-11-17(27-2)12-10-15/h4-12,18H,3,13-14H2,1-2H3,(H,22,25)/t18-/m0/s1. The first-order valence-electron chi connectivity index (χ1n) is 9.13. The molecule has 1 N–H and O–H groups in total. The van der Waals surface area contributed by atoms with E-state index in [0.29, 0.717) is 23.9 Å². The Balaban J connectivity index is 1.75. The van der Waals surface area contributed by atoms with Crippen molar-refractivity contribution in [3.8, 4) is 5.75 Å². The molecule has 1 aliphatic heterocycles. The Kier molecular flexibility index (Phi) is 6.26. The number of methoxy groups -OCH3 is 1. The van der Waals surface area contributed by atoms with Gasteiger partial charge in [-0.3, -0.25) is 14.5 Å². The second kappa shape index (κ2) is 8.84. The van der Waals surface area contributed by atoms with E-state index in [-0.39, 0.29) is 18.2 Å². The zero-order chi connectivity index (χ0) is 20.1. The van der Waals surface area contributed by atoms with Crippen LogP contribution < -0.4 is 10.1 Å². The van der Waals surface area contributed by atoms with Crippen molar-refractivity contribution in [2.45, 2.75) is 25.9 Å². The van der Waals surface area contributed by atoms with Crippen molar-refractivity contribution in [1.82, 2.24) is 9.80 Å². The highest BCUT2D eigenvalue weighted by Crippen LogP contribution is 2.24. The highest BCUT2D eigenvalue weighted by molar-refractivity contribution is 7.80. The molecule has 146 valence electrons. The minimum Gasteiger partial charge on any atom is -0.497 e. The highest BCUT2D eigenvalue weighted by atomic mass is 32.1. The Morgan fingerprint density at radius 3 is 2.43 bits per heavy atom. The van der Waals surface area contributed by atoms with Gasteiger partial charge in [-0.25, -0.2) is 0 Å². The van der Waals surface area contributed by atoms with Crippen LogP contribution in [0.5, 0.6) is 5.75 Å². The van der Waals surface area contributed by atoms with E-state index in [2.05, 4.69) is 5.32 Å². The molecular weight excluding hydrogens is 374 g/mol. The lowest BCUT2D eigenvalue weighted by Gasteiger charge is -2.24. The van der Waals surface area contributed by atoms with Crippen molar-refractivity contribution in [3.63, 3.8) is 0 Å². The first-order valence-corrected chi connectivity index (χ1v) is 9.54. The maximum atomic E-state index is 12.8. The van der Waals surface area contributed by atoms with Crippen molar-refractivity contribution >= 4 is 34.8 Å². The Hall–Kier alpha value is -2.93. The average Bonchev–Trinajstić information content (AvgIpc) is 2.92. The largest absolute Gasteiger partial charge is 0.497 e. The fourth-order valence-corrected chi connectivity index (χ4v) is 3.61. The van der Waals surface area contributed by atoms with Gasteiger partial charge in [-0.05, 0) is 49.0 Å². The number of hydrogen-bond donors (Lipinski definition) is 1. The molecule has 0 spiro atoms. The molecule has 3 rings (SSSR count). The van der Waals surface area contributed by atoms with Crippen molar-refractivity contribution in [1.29, 1.82) is 0 Å². The summed E-state index contributed by atoms with van der Waals surface area (Å²) in [7, 11) is 1.61. The van der Waals surface area contributed by atoms with Gasteiger partial charge in [0.25, 0.3) is 5.91 Å². The summed E-state index contributed by atoms with van der Waals surface area (Å²) < 4.78 is 5.19. The third-order valence-corrected chi connectivity index (χ3v) is 5.12. The summed E-state index contributed by atoms with van der Waals surface area (Å²) in [6.45, 7) is 2.81. The van der Waals surface area contributed by atoms with Gasteiger partial charge in [-0.15, -0.1) is 0 Å². The van der Waals surface area contributed by atoms with Crippen molar-refractivity contribution in [2.24, 2.45) is 0 Å². The van der Waals surface area contributed by atoms with E-state index < -0.39 is 6.04 Å². The average molecular weight is 398 g/mol. The second-order valence-corrected chi connectivity index (χ2v) is 6.84. The zero-order valence-corrected chi connectivity index (χ0v) is 16.7. The van der Waals surface area contributed by atoms with E-state index in [9.17, 15) is 9.59 Å². The lowest BCUT2D eigenvalue weighted by molar-refractivity contribution is -0.130. The second-order valence-electron chi connectivity index (χ2n) is 6.48. The van der Waals surface area contributed by atoms with Gasteiger partial charge in [0.05, 0.1) is 13.5 Å². The van der Waals surface area contributed by atoms with Gasteiger partial charge in [0.15, 0.2) is 5.11 Å². The Labute approximate surface area is 170 Å².